The molecule has 2 nitrogen and oxygen atoms in total. The number of nitrogens with one attached hydrogen (secondary N) is 1. The highest BCUT2D eigenvalue weighted by Gasteiger charge is 2.30. The molecule has 1 aromatic rings. The summed E-state index contributed by atoms with van der Waals surface area (Å²) in [6.07, 6.45) is 1.16. The van der Waals surface area contributed by atoms with E-state index in [-0.39, 0.29) is 5.54 Å². The molecular weight excluding hydrogens is 244 g/mol. The number of aryl methyl sites for hydroxylation is 1. The van der Waals surface area contributed by atoms with E-state index in [2.05, 4.69) is 49.2 Å². The normalized spacial score (nSPS) is 23.8. The van der Waals surface area contributed by atoms with Crippen LogP contribution in [0.25, 0.3) is 0 Å². The van der Waals surface area contributed by atoms with Gasteiger partial charge >= 0.3 is 0 Å². The zero-order valence-corrected chi connectivity index (χ0v) is 12.5. The average molecular weight is 267 g/mol. The van der Waals surface area contributed by atoms with Crippen LogP contribution >= 0.6 is 11.6 Å². The molecule has 3 heteroatoms. The van der Waals surface area contributed by atoms with Crippen LogP contribution in [-0.2, 0) is 0 Å². The number of rotatable bonds is 1. The monoisotopic (exact) mass is 266 g/mol. The van der Waals surface area contributed by atoms with Gasteiger partial charge in [0.2, 0.25) is 0 Å². The van der Waals surface area contributed by atoms with E-state index >= 15 is 0 Å². The maximum atomic E-state index is 6.25. The van der Waals surface area contributed by atoms with E-state index in [0.29, 0.717) is 6.04 Å². The van der Waals surface area contributed by atoms with Crippen LogP contribution in [0.4, 0.5) is 5.69 Å². The summed E-state index contributed by atoms with van der Waals surface area (Å²) in [6, 6.07) is 6.96. The Morgan fingerprint density at radius 1 is 1.39 bits per heavy atom. The SMILES string of the molecule is Cc1ccc(N2CCC(C)NCC2(C)C)cc1Cl. The van der Waals surface area contributed by atoms with E-state index in [1.54, 1.807) is 0 Å². The molecular formula is C15H23ClN2. The van der Waals surface area contributed by atoms with Crippen molar-refractivity contribution in [3.8, 4) is 0 Å². The third-order valence-corrected chi connectivity index (χ3v) is 4.27. The van der Waals surface area contributed by atoms with Crippen molar-refractivity contribution in [2.75, 3.05) is 18.0 Å². The Labute approximate surface area is 115 Å². The summed E-state index contributed by atoms with van der Waals surface area (Å²) in [5.74, 6) is 0. The summed E-state index contributed by atoms with van der Waals surface area (Å²) in [5, 5.41) is 4.44. The molecule has 0 radical (unpaired) electrons. The van der Waals surface area contributed by atoms with Crippen molar-refractivity contribution in [3.63, 3.8) is 0 Å². The van der Waals surface area contributed by atoms with Gasteiger partial charge in [0.1, 0.15) is 0 Å². The Bertz CT molecular complexity index is 429. The van der Waals surface area contributed by atoms with Gasteiger partial charge in [0.25, 0.3) is 0 Å². The van der Waals surface area contributed by atoms with E-state index in [1.165, 1.54) is 5.69 Å². The van der Waals surface area contributed by atoms with Crippen molar-refractivity contribution in [2.24, 2.45) is 0 Å². The van der Waals surface area contributed by atoms with E-state index in [9.17, 15) is 0 Å². The largest absolute Gasteiger partial charge is 0.365 e. The molecule has 1 aliphatic rings. The van der Waals surface area contributed by atoms with Gasteiger partial charge < -0.3 is 10.2 Å². The molecule has 1 unspecified atom stereocenters. The predicted octanol–water partition coefficient (Wildman–Crippen LogP) is 3.62. The number of benzene rings is 1. The molecule has 1 saturated heterocycles. The van der Waals surface area contributed by atoms with Gasteiger partial charge in [-0.2, -0.15) is 0 Å². The van der Waals surface area contributed by atoms with Gasteiger partial charge in [0.15, 0.2) is 0 Å². The molecule has 0 bridgehead atoms. The molecule has 0 spiro atoms. The molecule has 1 fully saturated rings. The van der Waals surface area contributed by atoms with Gasteiger partial charge in [-0.05, 0) is 51.8 Å². The minimum Gasteiger partial charge on any atom is -0.365 e. The summed E-state index contributed by atoms with van der Waals surface area (Å²) < 4.78 is 0. The molecule has 1 atom stereocenters. The fourth-order valence-corrected chi connectivity index (χ4v) is 2.65. The number of anilines is 1. The second-order valence-corrected chi connectivity index (χ2v) is 6.38. The molecule has 1 N–H and O–H groups in total. The van der Waals surface area contributed by atoms with Crippen molar-refractivity contribution < 1.29 is 0 Å². The Balaban J connectivity index is 2.31. The average Bonchev–Trinajstić information content (AvgIpc) is 2.43. The Morgan fingerprint density at radius 2 is 2.11 bits per heavy atom. The van der Waals surface area contributed by atoms with Crippen LogP contribution in [0.5, 0.6) is 0 Å². The number of hydrogen-bond acceptors (Lipinski definition) is 2. The van der Waals surface area contributed by atoms with E-state index in [1.807, 2.05) is 6.92 Å². The zero-order chi connectivity index (χ0) is 13.3. The molecule has 0 amide bonds. The summed E-state index contributed by atoms with van der Waals surface area (Å²) in [6.45, 7) is 10.9. The maximum Gasteiger partial charge on any atom is 0.0470 e. The van der Waals surface area contributed by atoms with Crippen molar-refractivity contribution >= 4 is 17.3 Å². The summed E-state index contributed by atoms with van der Waals surface area (Å²) in [7, 11) is 0. The van der Waals surface area contributed by atoms with Crippen LogP contribution in [0.15, 0.2) is 18.2 Å². The van der Waals surface area contributed by atoms with Crippen LogP contribution in [0.1, 0.15) is 32.8 Å². The lowest BCUT2D eigenvalue weighted by atomic mass is 10.0. The van der Waals surface area contributed by atoms with E-state index in [0.717, 1.165) is 30.1 Å². The molecule has 0 aliphatic carbocycles. The molecule has 1 aliphatic heterocycles. The first kappa shape index (κ1) is 13.7. The van der Waals surface area contributed by atoms with Crippen LogP contribution in [0, 0.1) is 6.92 Å². The molecule has 18 heavy (non-hydrogen) atoms. The minimum atomic E-state index is 0.114. The minimum absolute atomic E-state index is 0.114. The molecule has 0 saturated carbocycles. The highest BCUT2D eigenvalue weighted by atomic mass is 35.5. The standard InChI is InChI=1S/C15H23ClN2/c1-11-5-6-13(9-14(11)16)18-8-7-12(2)17-10-15(18,3)4/h5-6,9,12,17H,7-8,10H2,1-4H3. The number of halogens is 1. The van der Waals surface area contributed by atoms with Crippen molar-refractivity contribution in [3.05, 3.63) is 28.8 Å². The quantitative estimate of drug-likeness (QED) is 0.835. The Morgan fingerprint density at radius 3 is 2.78 bits per heavy atom. The van der Waals surface area contributed by atoms with Gasteiger partial charge in [0.05, 0.1) is 0 Å². The summed E-state index contributed by atoms with van der Waals surface area (Å²) in [4.78, 5) is 2.47. The Hall–Kier alpha value is -0.730. The molecule has 2 rings (SSSR count). The first-order valence-electron chi connectivity index (χ1n) is 6.67. The van der Waals surface area contributed by atoms with Gasteiger partial charge in [-0.1, -0.05) is 17.7 Å². The summed E-state index contributed by atoms with van der Waals surface area (Å²) >= 11 is 6.25. The number of nitrogens with zero attached hydrogens (tertiary/aromatic N) is 1. The van der Waals surface area contributed by atoms with Crippen LogP contribution in [-0.4, -0.2) is 24.7 Å². The van der Waals surface area contributed by atoms with Gasteiger partial charge in [-0.25, -0.2) is 0 Å². The number of hydrogen-bond donors (Lipinski definition) is 1. The molecule has 1 heterocycles. The predicted molar refractivity (Wildman–Crippen MR) is 79.7 cm³/mol. The zero-order valence-electron chi connectivity index (χ0n) is 11.8. The lowest BCUT2D eigenvalue weighted by Crippen LogP contribution is -2.49. The van der Waals surface area contributed by atoms with E-state index < -0.39 is 0 Å². The van der Waals surface area contributed by atoms with Gasteiger partial charge in [-0.3, -0.25) is 0 Å². The van der Waals surface area contributed by atoms with Crippen molar-refractivity contribution in [1.29, 1.82) is 0 Å². The fourth-order valence-electron chi connectivity index (χ4n) is 2.48. The third kappa shape index (κ3) is 2.81. The highest BCUT2D eigenvalue weighted by Crippen LogP contribution is 2.29. The Kier molecular flexibility index (Phi) is 3.88. The molecule has 0 aromatic heterocycles. The first-order chi connectivity index (χ1) is 8.40. The molecule has 1 aromatic carbocycles. The molecule has 100 valence electrons. The van der Waals surface area contributed by atoms with Crippen molar-refractivity contribution in [1.82, 2.24) is 5.32 Å². The second-order valence-electron chi connectivity index (χ2n) is 5.97. The van der Waals surface area contributed by atoms with Crippen LogP contribution in [0.3, 0.4) is 0 Å². The van der Waals surface area contributed by atoms with E-state index in [4.69, 9.17) is 11.6 Å². The van der Waals surface area contributed by atoms with Crippen LogP contribution in [0.2, 0.25) is 5.02 Å². The van der Waals surface area contributed by atoms with Gasteiger partial charge in [0, 0.05) is 35.4 Å². The third-order valence-electron chi connectivity index (χ3n) is 3.87. The smallest absolute Gasteiger partial charge is 0.0470 e. The fraction of sp³-hybridized carbons (Fsp3) is 0.600. The van der Waals surface area contributed by atoms with Crippen LogP contribution < -0.4 is 10.2 Å². The highest BCUT2D eigenvalue weighted by molar-refractivity contribution is 6.31. The maximum absolute atomic E-state index is 6.25. The lowest BCUT2D eigenvalue weighted by Gasteiger charge is -2.39. The van der Waals surface area contributed by atoms with Gasteiger partial charge in [-0.15, -0.1) is 0 Å². The second kappa shape index (κ2) is 5.10. The lowest BCUT2D eigenvalue weighted by molar-refractivity contribution is 0.447. The first-order valence-corrected chi connectivity index (χ1v) is 7.05. The van der Waals surface area contributed by atoms with Crippen molar-refractivity contribution in [2.45, 2.75) is 45.7 Å². The topological polar surface area (TPSA) is 15.3 Å². The summed E-state index contributed by atoms with van der Waals surface area (Å²) in [5.41, 5.74) is 2.48.